The summed E-state index contributed by atoms with van der Waals surface area (Å²) >= 11 is 1.02. The Hall–Kier alpha value is -0.920. The van der Waals surface area contributed by atoms with E-state index in [0.717, 1.165) is 24.2 Å². The van der Waals surface area contributed by atoms with Crippen molar-refractivity contribution < 1.29 is 18.3 Å². The number of hydrogen-bond acceptors (Lipinski definition) is 4. The van der Waals surface area contributed by atoms with Gasteiger partial charge in [0.05, 0.1) is 6.42 Å². The van der Waals surface area contributed by atoms with Crippen LogP contribution in [0.15, 0.2) is 16.3 Å². The highest BCUT2D eigenvalue weighted by molar-refractivity contribution is 7.91. The highest BCUT2D eigenvalue weighted by Gasteiger charge is 2.24. The van der Waals surface area contributed by atoms with Gasteiger partial charge < -0.3 is 5.11 Å². The Labute approximate surface area is 129 Å². The van der Waals surface area contributed by atoms with Crippen LogP contribution < -0.4 is 4.72 Å². The summed E-state index contributed by atoms with van der Waals surface area (Å²) < 4.78 is 27.3. The van der Waals surface area contributed by atoms with E-state index in [0.29, 0.717) is 23.3 Å². The minimum Gasteiger partial charge on any atom is -0.481 e. The summed E-state index contributed by atoms with van der Waals surface area (Å²) in [6, 6.07) is 3.05. The van der Waals surface area contributed by atoms with Gasteiger partial charge in [-0.1, -0.05) is 26.2 Å². The number of carboxylic acid groups (broad SMARTS) is 1. The first-order valence-electron chi connectivity index (χ1n) is 7.18. The van der Waals surface area contributed by atoms with Crippen LogP contribution in [0.25, 0.3) is 0 Å². The van der Waals surface area contributed by atoms with Gasteiger partial charge in [-0.05, 0) is 30.4 Å². The molecule has 0 aromatic carbocycles. The number of rotatable bonds is 6. The number of aliphatic carboxylic acids is 1. The zero-order valence-corrected chi connectivity index (χ0v) is 13.7. The molecule has 2 rings (SSSR count). The van der Waals surface area contributed by atoms with Crippen LogP contribution in [-0.4, -0.2) is 26.0 Å². The molecule has 1 saturated carbocycles. The van der Waals surface area contributed by atoms with Crippen molar-refractivity contribution in [2.75, 3.05) is 6.54 Å². The van der Waals surface area contributed by atoms with Gasteiger partial charge in [-0.15, -0.1) is 11.3 Å². The Kier molecular flexibility index (Phi) is 5.40. The molecule has 0 aliphatic heterocycles. The Morgan fingerprint density at radius 1 is 1.38 bits per heavy atom. The fourth-order valence-electron chi connectivity index (χ4n) is 2.73. The highest BCUT2D eigenvalue weighted by atomic mass is 32.2. The fraction of sp³-hybridized carbons (Fsp3) is 0.643. The van der Waals surface area contributed by atoms with E-state index < -0.39 is 16.0 Å². The fourth-order valence-corrected chi connectivity index (χ4v) is 5.22. The van der Waals surface area contributed by atoms with Crippen molar-refractivity contribution in [3.05, 3.63) is 17.0 Å². The van der Waals surface area contributed by atoms with E-state index in [2.05, 4.69) is 11.6 Å². The summed E-state index contributed by atoms with van der Waals surface area (Å²) in [5, 5.41) is 8.72. The number of carboxylic acids is 1. The van der Waals surface area contributed by atoms with Crippen LogP contribution in [0, 0.1) is 11.8 Å². The molecule has 1 heterocycles. The summed E-state index contributed by atoms with van der Waals surface area (Å²) in [7, 11) is -3.52. The third kappa shape index (κ3) is 4.52. The van der Waals surface area contributed by atoms with Crippen molar-refractivity contribution in [3.63, 3.8) is 0 Å². The van der Waals surface area contributed by atoms with E-state index in [-0.39, 0.29) is 10.6 Å². The Balaban J connectivity index is 1.97. The smallest absolute Gasteiger partial charge is 0.308 e. The normalized spacial score (nSPS) is 23.1. The van der Waals surface area contributed by atoms with Crippen LogP contribution in [-0.2, 0) is 21.2 Å². The number of carbonyl (C=O) groups is 1. The summed E-state index contributed by atoms with van der Waals surface area (Å²) in [5.41, 5.74) is 0. The second-order valence-electron chi connectivity index (χ2n) is 5.66. The monoisotopic (exact) mass is 331 g/mol. The lowest BCUT2D eigenvalue weighted by atomic mass is 9.81. The topological polar surface area (TPSA) is 83.5 Å². The van der Waals surface area contributed by atoms with E-state index in [9.17, 15) is 13.2 Å². The lowest BCUT2D eigenvalue weighted by Crippen LogP contribution is -2.33. The van der Waals surface area contributed by atoms with Crippen LogP contribution in [0.1, 0.15) is 37.5 Å². The van der Waals surface area contributed by atoms with Gasteiger partial charge in [0.1, 0.15) is 4.21 Å². The molecule has 1 aromatic rings. The van der Waals surface area contributed by atoms with Crippen molar-refractivity contribution in [1.82, 2.24) is 4.72 Å². The number of sulfonamides is 1. The van der Waals surface area contributed by atoms with Crippen LogP contribution in [0.2, 0.25) is 0 Å². The predicted octanol–water partition coefficient (Wildman–Crippen LogP) is 2.48. The Bertz CT molecular complexity index is 594. The molecule has 0 bridgehead atoms. The average molecular weight is 331 g/mol. The largest absolute Gasteiger partial charge is 0.481 e. The van der Waals surface area contributed by atoms with E-state index in [1.165, 1.54) is 18.9 Å². The van der Waals surface area contributed by atoms with Gasteiger partial charge in [-0.25, -0.2) is 13.1 Å². The molecule has 0 amide bonds. The number of nitrogens with one attached hydrogen (secondary N) is 1. The molecule has 1 fully saturated rings. The molecule has 1 aliphatic rings. The molecule has 1 aliphatic carbocycles. The van der Waals surface area contributed by atoms with Gasteiger partial charge >= 0.3 is 5.97 Å². The number of thiophene rings is 1. The van der Waals surface area contributed by atoms with Crippen LogP contribution in [0.4, 0.5) is 0 Å². The average Bonchev–Trinajstić information content (AvgIpc) is 2.86. The number of hydrogen-bond donors (Lipinski definition) is 2. The maximum atomic E-state index is 12.2. The SMILES string of the molecule is CC1CCCCC1CNS(=O)(=O)c1ccc(CC(=O)O)s1. The molecular weight excluding hydrogens is 310 g/mol. The molecule has 5 nitrogen and oxygen atoms in total. The third-order valence-electron chi connectivity index (χ3n) is 4.05. The van der Waals surface area contributed by atoms with Crippen molar-refractivity contribution in [2.24, 2.45) is 11.8 Å². The molecule has 118 valence electrons. The van der Waals surface area contributed by atoms with Gasteiger partial charge in [0.25, 0.3) is 0 Å². The zero-order chi connectivity index (χ0) is 15.5. The first-order valence-corrected chi connectivity index (χ1v) is 9.48. The Morgan fingerprint density at radius 2 is 2.10 bits per heavy atom. The standard InChI is InChI=1S/C14H21NO4S2/c1-10-4-2-3-5-11(10)9-15-21(18,19)14-7-6-12(20-14)8-13(16)17/h6-7,10-11,15H,2-5,8-9H2,1H3,(H,16,17). The van der Waals surface area contributed by atoms with Crippen LogP contribution in [0.3, 0.4) is 0 Å². The molecule has 0 saturated heterocycles. The summed E-state index contributed by atoms with van der Waals surface area (Å²) in [5.74, 6) is -0.0101. The van der Waals surface area contributed by atoms with Gasteiger partial charge in [0.2, 0.25) is 10.0 Å². The van der Waals surface area contributed by atoms with Gasteiger partial charge in [0, 0.05) is 11.4 Å². The minimum atomic E-state index is -3.52. The minimum absolute atomic E-state index is 0.139. The van der Waals surface area contributed by atoms with E-state index in [1.54, 1.807) is 6.07 Å². The van der Waals surface area contributed by atoms with Crippen LogP contribution >= 0.6 is 11.3 Å². The van der Waals surface area contributed by atoms with Crippen molar-refractivity contribution in [1.29, 1.82) is 0 Å². The molecule has 0 radical (unpaired) electrons. The third-order valence-corrected chi connectivity index (χ3v) is 7.05. The molecule has 2 N–H and O–H groups in total. The molecule has 2 unspecified atom stereocenters. The second-order valence-corrected chi connectivity index (χ2v) is 8.83. The molecule has 21 heavy (non-hydrogen) atoms. The highest BCUT2D eigenvalue weighted by Crippen LogP contribution is 2.29. The van der Waals surface area contributed by atoms with Crippen molar-refractivity contribution in [3.8, 4) is 0 Å². The van der Waals surface area contributed by atoms with E-state index >= 15 is 0 Å². The summed E-state index contributed by atoms with van der Waals surface area (Å²) in [4.78, 5) is 11.2. The molecule has 2 atom stereocenters. The second kappa shape index (κ2) is 6.89. The van der Waals surface area contributed by atoms with Gasteiger partial charge in [0.15, 0.2) is 0 Å². The van der Waals surface area contributed by atoms with Crippen LogP contribution in [0.5, 0.6) is 0 Å². The van der Waals surface area contributed by atoms with E-state index in [4.69, 9.17) is 5.11 Å². The lowest BCUT2D eigenvalue weighted by molar-refractivity contribution is -0.136. The maximum absolute atomic E-state index is 12.2. The zero-order valence-electron chi connectivity index (χ0n) is 12.0. The first-order chi connectivity index (χ1) is 9.88. The van der Waals surface area contributed by atoms with Gasteiger partial charge in [-0.3, -0.25) is 4.79 Å². The summed E-state index contributed by atoms with van der Waals surface area (Å²) in [6.07, 6.45) is 4.48. The lowest BCUT2D eigenvalue weighted by Gasteiger charge is -2.28. The van der Waals surface area contributed by atoms with E-state index in [1.807, 2.05) is 0 Å². The van der Waals surface area contributed by atoms with Crippen molar-refractivity contribution >= 4 is 27.3 Å². The Morgan fingerprint density at radius 3 is 2.76 bits per heavy atom. The summed E-state index contributed by atoms with van der Waals surface area (Å²) in [6.45, 7) is 2.64. The predicted molar refractivity (Wildman–Crippen MR) is 82.0 cm³/mol. The van der Waals surface area contributed by atoms with Crippen molar-refractivity contribution in [2.45, 2.75) is 43.2 Å². The molecule has 0 spiro atoms. The maximum Gasteiger partial charge on any atom is 0.308 e. The quantitative estimate of drug-likeness (QED) is 0.839. The molecule has 7 heteroatoms. The molecule has 1 aromatic heterocycles. The molecular formula is C14H21NO4S2. The first kappa shape index (κ1) is 16.5. The van der Waals surface area contributed by atoms with Gasteiger partial charge in [-0.2, -0.15) is 0 Å².